The Morgan fingerprint density at radius 1 is 1.29 bits per heavy atom. The molecule has 0 aromatic rings. The van der Waals surface area contributed by atoms with Gasteiger partial charge in [-0.15, -0.1) is 6.58 Å². The summed E-state index contributed by atoms with van der Waals surface area (Å²) in [7, 11) is 0. The topological polar surface area (TPSA) is 15.3 Å². The second-order valence-corrected chi connectivity index (χ2v) is 5.79. The molecule has 2 aliphatic rings. The summed E-state index contributed by atoms with van der Waals surface area (Å²) in [5, 5.41) is 3.47. The van der Waals surface area contributed by atoms with Crippen LogP contribution in [0.25, 0.3) is 0 Å². The van der Waals surface area contributed by atoms with E-state index in [0.717, 1.165) is 25.0 Å². The van der Waals surface area contributed by atoms with Crippen molar-refractivity contribution in [2.45, 2.75) is 57.5 Å². The Kier molecular flexibility index (Phi) is 5.05. The predicted octanol–water partition coefficient (Wildman–Crippen LogP) is 2.81. The van der Waals surface area contributed by atoms with Crippen molar-refractivity contribution in [2.75, 3.05) is 19.6 Å². The van der Waals surface area contributed by atoms with Crippen LogP contribution in [0.3, 0.4) is 0 Å². The molecule has 0 radical (unpaired) electrons. The Labute approximate surface area is 106 Å². The van der Waals surface area contributed by atoms with E-state index in [-0.39, 0.29) is 0 Å². The summed E-state index contributed by atoms with van der Waals surface area (Å²) in [6.45, 7) is 9.50. The third-order valence-electron chi connectivity index (χ3n) is 4.58. The molecule has 3 atom stereocenters. The Bertz CT molecular complexity index is 237. The lowest BCUT2D eigenvalue weighted by molar-refractivity contribution is 0.0318. The monoisotopic (exact) mass is 236 g/mol. The molecule has 0 aromatic carbocycles. The van der Waals surface area contributed by atoms with Crippen LogP contribution >= 0.6 is 0 Å². The summed E-state index contributed by atoms with van der Waals surface area (Å²) < 4.78 is 0. The Morgan fingerprint density at radius 3 is 2.88 bits per heavy atom. The second kappa shape index (κ2) is 6.55. The molecule has 98 valence electrons. The van der Waals surface area contributed by atoms with Gasteiger partial charge < -0.3 is 5.32 Å². The quantitative estimate of drug-likeness (QED) is 0.583. The van der Waals surface area contributed by atoms with Crippen LogP contribution in [-0.2, 0) is 0 Å². The molecule has 2 rings (SSSR count). The molecule has 2 fully saturated rings. The van der Waals surface area contributed by atoms with E-state index in [2.05, 4.69) is 23.7 Å². The molecule has 2 heteroatoms. The second-order valence-electron chi connectivity index (χ2n) is 5.79. The van der Waals surface area contributed by atoms with Gasteiger partial charge in [-0.2, -0.15) is 0 Å². The van der Waals surface area contributed by atoms with Crippen molar-refractivity contribution in [3.8, 4) is 0 Å². The van der Waals surface area contributed by atoms with Crippen LogP contribution in [-0.4, -0.2) is 36.6 Å². The van der Waals surface area contributed by atoms with E-state index in [1.54, 1.807) is 0 Å². The van der Waals surface area contributed by atoms with Crippen molar-refractivity contribution >= 4 is 0 Å². The molecular formula is C15H28N2. The number of nitrogens with one attached hydrogen (secondary N) is 1. The highest BCUT2D eigenvalue weighted by molar-refractivity contribution is 4.90. The standard InChI is InChI=1S/C15H28N2/c1-3-10-16-12-13(2)17-11-6-8-14-7-4-5-9-15(14)17/h3,13-16H,1,4-12H2,2H3/t13?,14-,15-/m1/s1. The summed E-state index contributed by atoms with van der Waals surface area (Å²) >= 11 is 0. The van der Waals surface area contributed by atoms with Gasteiger partial charge in [-0.25, -0.2) is 0 Å². The van der Waals surface area contributed by atoms with E-state index in [0.29, 0.717) is 6.04 Å². The van der Waals surface area contributed by atoms with Crippen LogP contribution in [0.4, 0.5) is 0 Å². The minimum absolute atomic E-state index is 0.681. The number of fused-ring (bicyclic) bond motifs is 1. The zero-order chi connectivity index (χ0) is 12.1. The molecule has 0 aromatic heterocycles. The van der Waals surface area contributed by atoms with Gasteiger partial charge >= 0.3 is 0 Å². The van der Waals surface area contributed by atoms with Crippen molar-refractivity contribution in [2.24, 2.45) is 5.92 Å². The average molecular weight is 236 g/mol. The van der Waals surface area contributed by atoms with E-state index in [9.17, 15) is 0 Å². The summed E-state index contributed by atoms with van der Waals surface area (Å²) in [6, 6.07) is 1.57. The molecular weight excluding hydrogens is 208 g/mol. The van der Waals surface area contributed by atoms with Crippen LogP contribution in [0, 0.1) is 5.92 Å². The first kappa shape index (κ1) is 13.1. The number of nitrogens with zero attached hydrogens (tertiary/aromatic N) is 1. The van der Waals surface area contributed by atoms with Gasteiger partial charge in [-0.05, 0) is 45.1 Å². The van der Waals surface area contributed by atoms with Crippen molar-refractivity contribution in [3.63, 3.8) is 0 Å². The third kappa shape index (κ3) is 3.32. The molecule has 0 spiro atoms. The van der Waals surface area contributed by atoms with E-state index in [1.807, 2.05) is 6.08 Å². The summed E-state index contributed by atoms with van der Waals surface area (Å²) in [5.41, 5.74) is 0. The molecule has 1 saturated carbocycles. The Morgan fingerprint density at radius 2 is 2.06 bits per heavy atom. The van der Waals surface area contributed by atoms with E-state index in [1.165, 1.54) is 45.1 Å². The molecule has 1 unspecified atom stereocenters. The molecule has 1 saturated heterocycles. The predicted molar refractivity (Wildman–Crippen MR) is 74.2 cm³/mol. The van der Waals surface area contributed by atoms with E-state index >= 15 is 0 Å². The number of hydrogen-bond acceptors (Lipinski definition) is 2. The molecule has 2 nitrogen and oxygen atoms in total. The van der Waals surface area contributed by atoms with Crippen LogP contribution < -0.4 is 5.32 Å². The summed E-state index contributed by atoms with van der Waals surface area (Å²) in [5.74, 6) is 0.999. The molecule has 1 aliphatic carbocycles. The van der Waals surface area contributed by atoms with Crippen molar-refractivity contribution in [1.82, 2.24) is 10.2 Å². The largest absolute Gasteiger partial charge is 0.312 e. The van der Waals surface area contributed by atoms with E-state index in [4.69, 9.17) is 0 Å². The minimum atomic E-state index is 0.681. The number of hydrogen-bond donors (Lipinski definition) is 1. The lowest BCUT2D eigenvalue weighted by Gasteiger charge is -2.47. The van der Waals surface area contributed by atoms with Gasteiger partial charge in [0, 0.05) is 25.2 Å². The normalized spacial score (nSPS) is 31.8. The number of rotatable bonds is 5. The van der Waals surface area contributed by atoms with Gasteiger partial charge in [0.1, 0.15) is 0 Å². The van der Waals surface area contributed by atoms with Crippen molar-refractivity contribution in [1.29, 1.82) is 0 Å². The van der Waals surface area contributed by atoms with Gasteiger partial charge in [-0.1, -0.05) is 18.9 Å². The maximum absolute atomic E-state index is 3.76. The van der Waals surface area contributed by atoms with Crippen molar-refractivity contribution in [3.05, 3.63) is 12.7 Å². The Balaban J connectivity index is 1.86. The summed E-state index contributed by atoms with van der Waals surface area (Å²) in [4.78, 5) is 2.78. The van der Waals surface area contributed by atoms with Gasteiger partial charge in [0.05, 0.1) is 0 Å². The van der Waals surface area contributed by atoms with Crippen molar-refractivity contribution < 1.29 is 0 Å². The zero-order valence-electron chi connectivity index (χ0n) is 11.3. The first-order chi connectivity index (χ1) is 8.33. The number of piperidine rings is 1. The smallest absolute Gasteiger partial charge is 0.0195 e. The first-order valence-electron chi connectivity index (χ1n) is 7.40. The SMILES string of the molecule is C=CCNCC(C)N1CCC[C@H]2CCCC[C@H]21. The van der Waals surface area contributed by atoms with Gasteiger partial charge in [0.15, 0.2) is 0 Å². The third-order valence-corrected chi connectivity index (χ3v) is 4.58. The van der Waals surface area contributed by atoms with Crippen LogP contribution in [0.5, 0.6) is 0 Å². The fourth-order valence-corrected chi connectivity index (χ4v) is 3.72. The lowest BCUT2D eigenvalue weighted by atomic mass is 9.78. The molecule has 17 heavy (non-hydrogen) atoms. The average Bonchev–Trinajstić information content (AvgIpc) is 2.38. The first-order valence-corrected chi connectivity index (χ1v) is 7.40. The van der Waals surface area contributed by atoms with E-state index < -0.39 is 0 Å². The maximum atomic E-state index is 3.76. The fourth-order valence-electron chi connectivity index (χ4n) is 3.72. The highest BCUT2D eigenvalue weighted by Crippen LogP contribution is 2.35. The zero-order valence-corrected chi connectivity index (χ0v) is 11.3. The molecule has 0 bridgehead atoms. The fraction of sp³-hybridized carbons (Fsp3) is 0.867. The van der Waals surface area contributed by atoms with Gasteiger partial charge in [0.25, 0.3) is 0 Å². The number of likely N-dealkylation sites (tertiary alicyclic amines) is 1. The highest BCUT2D eigenvalue weighted by Gasteiger charge is 2.34. The lowest BCUT2D eigenvalue weighted by Crippen LogP contribution is -2.53. The molecule has 1 aliphatic heterocycles. The van der Waals surface area contributed by atoms with Gasteiger partial charge in [-0.3, -0.25) is 4.90 Å². The Hall–Kier alpha value is -0.340. The minimum Gasteiger partial charge on any atom is -0.312 e. The summed E-state index contributed by atoms with van der Waals surface area (Å²) in [6.07, 6.45) is 10.7. The maximum Gasteiger partial charge on any atom is 0.0195 e. The van der Waals surface area contributed by atoms with Crippen LogP contribution in [0.2, 0.25) is 0 Å². The molecule has 1 N–H and O–H groups in total. The molecule has 1 heterocycles. The van der Waals surface area contributed by atoms with Crippen LogP contribution in [0.15, 0.2) is 12.7 Å². The van der Waals surface area contributed by atoms with Gasteiger partial charge in [0.2, 0.25) is 0 Å². The highest BCUT2D eigenvalue weighted by atomic mass is 15.2. The molecule has 0 amide bonds. The van der Waals surface area contributed by atoms with Crippen LogP contribution in [0.1, 0.15) is 45.4 Å².